The second-order valence-corrected chi connectivity index (χ2v) is 13.6. The number of hydrogen-bond donors (Lipinski definition) is 1. The lowest BCUT2D eigenvalue weighted by molar-refractivity contribution is -0.438. The van der Waals surface area contributed by atoms with E-state index in [2.05, 4.69) is 73.6 Å². The predicted molar refractivity (Wildman–Crippen MR) is 167 cm³/mol. The molecular weight excluding hydrogens is 675 g/mol. The first-order chi connectivity index (χ1) is 19.7. The van der Waals surface area contributed by atoms with Crippen LogP contribution in [0, 0.1) is 6.92 Å². The number of likely N-dealkylation sites (N-methyl/N-ethyl adjacent to an activating group) is 1. The summed E-state index contributed by atoms with van der Waals surface area (Å²) in [4.78, 5) is 12.9. The maximum Gasteiger partial charge on any atom is 0.303 e. The molecule has 0 spiro atoms. The van der Waals surface area contributed by atoms with Gasteiger partial charge in [-0.05, 0) is 76.4 Å². The molecule has 232 valence electrons. The van der Waals surface area contributed by atoms with Gasteiger partial charge in [-0.25, -0.2) is 8.42 Å². The van der Waals surface area contributed by atoms with Crippen molar-refractivity contribution in [1.29, 1.82) is 0 Å². The average Bonchev–Trinajstić information content (AvgIpc) is 3.25. The molecule has 2 aromatic rings. The van der Waals surface area contributed by atoms with E-state index in [9.17, 15) is 17.8 Å². The van der Waals surface area contributed by atoms with Crippen LogP contribution in [0.5, 0.6) is 0 Å². The Bertz CT molecular complexity index is 1620. The third kappa shape index (κ3) is 7.15. The summed E-state index contributed by atoms with van der Waals surface area (Å²) in [6, 6.07) is 11.2. The van der Waals surface area contributed by atoms with Crippen LogP contribution in [-0.4, -0.2) is 47.4 Å². The molecule has 0 fully saturated rings. The number of aliphatic carboxylic acids is 1. The Labute approximate surface area is 273 Å². The molecule has 0 radical (unpaired) electrons. The number of carboxylic acid groups (broad SMARTS) is 1. The highest BCUT2D eigenvalue weighted by atomic mass is 127. The largest absolute Gasteiger partial charge is 1.00 e. The highest BCUT2D eigenvalue weighted by molar-refractivity contribution is 7.85. The summed E-state index contributed by atoms with van der Waals surface area (Å²) in [7, 11) is -4.54. The highest BCUT2D eigenvalue weighted by Crippen LogP contribution is 2.48. The van der Waals surface area contributed by atoms with Crippen molar-refractivity contribution < 1.29 is 51.4 Å². The Morgan fingerprint density at radius 3 is 2.35 bits per heavy atom. The summed E-state index contributed by atoms with van der Waals surface area (Å²) in [6.45, 7) is 14.3. The molecule has 2 aliphatic heterocycles. The molecule has 0 saturated heterocycles. The van der Waals surface area contributed by atoms with E-state index in [-0.39, 0.29) is 40.7 Å². The fraction of sp³-hybridized carbons (Fsp3) is 0.412. The van der Waals surface area contributed by atoms with E-state index in [1.165, 1.54) is 34.7 Å². The number of halogens is 1. The third-order valence-corrected chi connectivity index (χ3v) is 9.35. The molecule has 9 heteroatoms. The lowest BCUT2D eigenvalue weighted by Crippen LogP contribution is -3.00. The molecule has 7 nitrogen and oxygen atoms in total. The lowest BCUT2D eigenvalue weighted by atomic mass is 9.81. The lowest BCUT2D eigenvalue weighted by Gasteiger charge is -2.25. The van der Waals surface area contributed by atoms with Crippen LogP contribution >= 0.6 is 0 Å². The predicted octanol–water partition coefficient (Wildman–Crippen LogP) is 3.74. The van der Waals surface area contributed by atoms with Gasteiger partial charge in [0.25, 0.3) is 0 Å². The van der Waals surface area contributed by atoms with Crippen LogP contribution in [0.2, 0.25) is 0 Å². The van der Waals surface area contributed by atoms with Gasteiger partial charge >= 0.3 is 5.97 Å². The number of aryl methyl sites for hydroxylation is 1. The fourth-order valence-electron chi connectivity index (χ4n) is 6.26. The maximum atomic E-state index is 11.7. The minimum absolute atomic E-state index is 0. The van der Waals surface area contributed by atoms with Crippen molar-refractivity contribution in [3.05, 3.63) is 89.2 Å². The second kappa shape index (κ2) is 13.5. The summed E-state index contributed by atoms with van der Waals surface area (Å²) >= 11 is 0. The van der Waals surface area contributed by atoms with Crippen LogP contribution in [0.25, 0.3) is 0 Å². The van der Waals surface area contributed by atoms with Gasteiger partial charge in [-0.15, -0.1) is 0 Å². The van der Waals surface area contributed by atoms with Gasteiger partial charge in [-0.1, -0.05) is 43.7 Å². The van der Waals surface area contributed by atoms with E-state index in [0.29, 0.717) is 13.0 Å². The first-order valence-electron chi connectivity index (χ1n) is 14.6. The number of unbranched alkanes of at least 4 members (excludes halogenated alkanes) is 2. The molecule has 0 amide bonds. The van der Waals surface area contributed by atoms with Crippen molar-refractivity contribution in [3.63, 3.8) is 0 Å². The monoisotopic (exact) mass is 717 g/mol. The number of nitrogens with zero attached hydrogens (tertiary/aromatic N) is 2. The molecule has 0 unspecified atom stereocenters. The molecular formula is C34H42IN2O5S-. The van der Waals surface area contributed by atoms with Gasteiger partial charge in [0.1, 0.15) is 16.7 Å². The SMILES string of the molecule is CCN1C(=CC=CC=CC2=[N+](CCCCCC(=O)O)c3ccc(C)cc3C2(C)C)C(C)(C)c2cc(S(=O)(=O)[O-])ccc21.[I-]. The van der Waals surface area contributed by atoms with Gasteiger partial charge in [-0.3, -0.25) is 4.79 Å². The van der Waals surface area contributed by atoms with E-state index in [0.717, 1.165) is 36.3 Å². The Hall–Kier alpha value is -2.76. The number of anilines is 1. The van der Waals surface area contributed by atoms with Crippen molar-refractivity contribution in [2.75, 3.05) is 18.0 Å². The molecule has 1 N–H and O–H groups in total. The number of rotatable bonds is 11. The standard InChI is InChI=1S/C34H42N2O5S.HI/c1-7-35-28-20-18-25(42(39,40)41)23-27(28)34(5,6)30(35)14-10-8-11-15-31-33(3,4)26-22-24(2)17-19-29(26)36(31)21-13-9-12-16-32(37)38;/h8,10-11,14-15,17-20,22-23H,7,9,12-13,16,21H2,1-6H3,(H-,37,38,39,40,41);1H/p-1. The summed E-state index contributed by atoms with van der Waals surface area (Å²) in [5.74, 6) is -0.748. The third-order valence-electron chi connectivity index (χ3n) is 8.52. The Morgan fingerprint density at radius 2 is 1.70 bits per heavy atom. The molecule has 4 rings (SSSR count). The molecule has 0 saturated carbocycles. The first-order valence-corrected chi connectivity index (χ1v) is 16.0. The minimum atomic E-state index is -4.54. The maximum absolute atomic E-state index is 11.7. The molecule has 0 bridgehead atoms. The number of hydrogen-bond acceptors (Lipinski definition) is 5. The molecule has 0 atom stereocenters. The Kier molecular flexibility index (Phi) is 10.9. The van der Waals surface area contributed by atoms with Crippen molar-refractivity contribution >= 4 is 33.2 Å². The van der Waals surface area contributed by atoms with Gasteiger partial charge in [0, 0.05) is 53.9 Å². The van der Waals surface area contributed by atoms with Gasteiger partial charge < -0.3 is 38.5 Å². The molecule has 2 heterocycles. The normalized spacial score (nSPS) is 18.0. The minimum Gasteiger partial charge on any atom is -1.00 e. The Balaban J connectivity index is 0.00000506. The number of carboxylic acids is 1. The van der Waals surface area contributed by atoms with Crippen LogP contribution in [-0.2, 0) is 25.7 Å². The van der Waals surface area contributed by atoms with E-state index >= 15 is 0 Å². The fourth-order valence-corrected chi connectivity index (χ4v) is 6.76. The van der Waals surface area contributed by atoms with Crippen molar-refractivity contribution in [3.8, 4) is 0 Å². The molecule has 0 aromatic heterocycles. The Morgan fingerprint density at radius 1 is 0.977 bits per heavy atom. The summed E-state index contributed by atoms with van der Waals surface area (Å²) in [6.07, 6.45) is 12.9. The van der Waals surface area contributed by atoms with Crippen molar-refractivity contribution in [2.24, 2.45) is 0 Å². The van der Waals surface area contributed by atoms with Crippen LogP contribution in [0.1, 0.15) is 77.0 Å². The van der Waals surface area contributed by atoms with E-state index in [4.69, 9.17) is 5.11 Å². The van der Waals surface area contributed by atoms with Gasteiger partial charge in [0.15, 0.2) is 5.71 Å². The molecule has 2 aromatic carbocycles. The van der Waals surface area contributed by atoms with Gasteiger partial charge in [-0.2, -0.15) is 4.58 Å². The van der Waals surface area contributed by atoms with Gasteiger partial charge in [0.05, 0.1) is 10.3 Å². The first kappa shape index (κ1) is 34.7. The van der Waals surface area contributed by atoms with E-state index in [1.54, 1.807) is 6.07 Å². The molecule has 0 aliphatic carbocycles. The number of fused-ring (bicyclic) bond motifs is 2. The second-order valence-electron chi connectivity index (χ2n) is 12.2. The topological polar surface area (TPSA) is 101 Å². The van der Waals surface area contributed by atoms with Crippen LogP contribution < -0.4 is 28.9 Å². The smallest absolute Gasteiger partial charge is 0.303 e. The molecule has 43 heavy (non-hydrogen) atoms. The van der Waals surface area contributed by atoms with Crippen LogP contribution in [0.3, 0.4) is 0 Å². The number of benzene rings is 2. The van der Waals surface area contributed by atoms with Crippen LogP contribution in [0.15, 0.2) is 77.4 Å². The quantitative estimate of drug-likeness (QED) is 0.125. The van der Waals surface area contributed by atoms with Crippen molar-refractivity contribution in [2.45, 2.75) is 83.0 Å². The zero-order chi connectivity index (χ0) is 30.9. The average molecular weight is 718 g/mol. The number of carbonyl (C=O) groups is 1. The zero-order valence-corrected chi connectivity index (χ0v) is 28.8. The zero-order valence-electron chi connectivity index (χ0n) is 25.9. The van der Waals surface area contributed by atoms with Crippen molar-refractivity contribution in [1.82, 2.24) is 0 Å². The number of allylic oxidation sites excluding steroid dienone is 6. The highest BCUT2D eigenvalue weighted by Gasteiger charge is 2.44. The molecule has 2 aliphatic rings. The summed E-state index contributed by atoms with van der Waals surface area (Å²) in [5, 5.41) is 8.97. The summed E-state index contributed by atoms with van der Waals surface area (Å²) in [5.41, 5.74) is 7.05. The van der Waals surface area contributed by atoms with E-state index < -0.39 is 21.5 Å². The van der Waals surface area contributed by atoms with E-state index in [1.807, 2.05) is 26.0 Å². The van der Waals surface area contributed by atoms with Gasteiger partial charge in [0.2, 0.25) is 5.69 Å². The van der Waals surface area contributed by atoms with Crippen LogP contribution in [0.4, 0.5) is 11.4 Å². The summed E-state index contributed by atoms with van der Waals surface area (Å²) < 4.78 is 37.4.